The fourth-order valence-electron chi connectivity index (χ4n) is 9.89. The SMILES string of the molecule is CC[C@H](C)[C@@H]([C@@H](CC(=O)N1CCC[C@H]1[C@H](OC)[C@@H](C)C(=O)N[C@@H](Cc1ccccc1)c1nccs1)OC)N(C)C(=O)[C@@H](NC(=O)C(C)(C)NC(=O)OCc1ccc(NC(=O)[C@H](CCCNC(N)=O)NC(=O)[C@@H](N)C(C)C)cc1)C(C)C. The van der Waals surface area contributed by atoms with E-state index in [1.54, 1.807) is 82.1 Å². The van der Waals surface area contributed by atoms with Gasteiger partial charge in [0.2, 0.25) is 35.4 Å². The van der Waals surface area contributed by atoms with Gasteiger partial charge in [-0.3, -0.25) is 28.8 Å². The number of nitrogens with zero attached hydrogens (tertiary/aromatic N) is 3. The monoisotopic (exact) mass is 1150 g/mol. The molecule has 10 N–H and O–H groups in total. The van der Waals surface area contributed by atoms with Crippen molar-refractivity contribution in [1.82, 2.24) is 41.4 Å². The zero-order valence-corrected chi connectivity index (χ0v) is 50.1. The van der Waals surface area contributed by atoms with E-state index in [0.29, 0.717) is 49.9 Å². The number of nitrogens with two attached hydrogens (primary N) is 2. The number of anilines is 1. The van der Waals surface area contributed by atoms with Crippen molar-refractivity contribution in [3.05, 3.63) is 82.3 Å². The molecule has 23 heteroatoms. The molecule has 0 radical (unpaired) electrons. The number of thiazole rings is 1. The zero-order valence-electron chi connectivity index (χ0n) is 49.2. The molecule has 1 aliphatic rings. The number of ether oxygens (including phenoxy) is 3. The third-order valence-corrected chi connectivity index (χ3v) is 15.9. The number of methoxy groups -OCH3 is 2. The van der Waals surface area contributed by atoms with Crippen LogP contribution in [-0.2, 0) is 56.0 Å². The van der Waals surface area contributed by atoms with Crippen molar-refractivity contribution in [2.24, 2.45) is 35.1 Å². The zero-order chi connectivity index (χ0) is 60.1. The van der Waals surface area contributed by atoms with Crippen LogP contribution in [0.2, 0.25) is 0 Å². The van der Waals surface area contributed by atoms with Gasteiger partial charge in [-0.15, -0.1) is 11.3 Å². The first-order chi connectivity index (χ1) is 38.3. The Bertz CT molecular complexity index is 2520. The summed E-state index contributed by atoms with van der Waals surface area (Å²) in [6, 6.07) is 11.4. The molecule has 3 aromatic rings. The summed E-state index contributed by atoms with van der Waals surface area (Å²) >= 11 is 1.47. The number of carbonyl (C=O) groups is 8. The summed E-state index contributed by atoms with van der Waals surface area (Å²) in [4.78, 5) is 115. The number of nitrogens with one attached hydrogen (secondary N) is 6. The maximum Gasteiger partial charge on any atom is 0.408 e. The molecule has 1 saturated heterocycles. The van der Waals surface area contributed by atoms with E-state index in [1.807, 2.05) is 56.5 Å². The number of alkyl carbamates (subject to hydrolysis) is 1. The van der Waals surface area contributed by atoms with Crippen LogP contribution >= 0.6 is 11.3 Å². The smallest absolute Gasteiger partial charge is 0.408 e. The van der Waals surface area contributed by atoms with Crippen LogP contribution in [-0.4, -0.2) is 145 Å². The second kappa shape index (κ2) is 32.1. The number of hydrogen-bond donors (Lipinski definition) is 8. The highest BCUT2D eigenvalue weighted by Crippen LogP contribution is 2.31. The number of aromatic nitrogens is 1. The first-order valence-electron chi connectivity index (χ1n) is 27.9. The van der Waals surface area contributed by atoms with Gasteiger partial charge < -0.3 is 67.4 Å². The normalized spacial score (nSPS) is 16.8. The van der Waals surface area contributed by atoms with Crippen molar-refractivity contribution in [2.75, 3.05) is 39.7 Å². The van der Waals surface area contributed by atoms with Crippen LogP contribution in [0.3, 0.4) is 0 Å². The van der Waals surface area contributed by atoms with Gasteiger partial charge in [0.05, 0.1) is 48.7 Å². The number of likely N-dealkylation sites (tertiary alicyclic amines) is 1. The van der Waals surface area contributed by atoms with E-state index < -0.39 is 95.5 Å². The van der Waals surface area contributed by atoms with Gasteiger partial charge in [0.1, 0.15) is 29.2 Å². The number of amides is 9. The molecular weight excluding hydrogens is 1060 g/mol. The number of urea groups is 1. The summed E-state index contributed by atoms with van der Waals surface area (Å²) in [6.45, 7) is 16.4. The lowest BCUT2D eigenvalue weighted by molar-refractivity contribution is -0.148. The standard InChI is InChI=1S/C58H89N11O11S/c1-13-36(6)48(44(78-11)32-45(70)69-29-18-22-43(69)49(79-12)37(7)50(71)65-42(53-61-28-30-81-53)31-38-19-15-14-16-20-38)68(10)54(74)47(35(4)5)66-55(75)58(8,9)67-57(77)80-33-39-23-25-40(26-24-39)63-51(72)41(21-17-27-62-56(60)76)64-52(73)46(59)34(2)3/h14-16,19-20,23-26,28,30,34-37,41-44,46-49H,13,17-18,21-22,27,29,31-33,59H2,1-12H3,(H,63,72)(H,64,73)(H,65,71)(H,66,75)(H,67,77)(H3,60,62,76)/t36-,37+,41-,42-,43-,44+,46-,47-,48-,49+/m0/s1. The molecule has 0 aliphatic carbocycles. The third kappa shape index (κ3) is 19.8. The molecule has 10 atom stereocenters. The number of primary amides is 1. The molecular formula is C58H89N11O11S. The number of rotatable bonds is 31. The Hall–Kier alpha value is -6.69. The van der Waals surface area contributed by atoms with E-state index in [1.165, 1.54) is 32.3 Å². The Labute approximate surface area is 481 Å². The lowest BCUT2D eigenvalue weighted by atomic mass is 9.89. The lowest BCUT2D eigenvalue weighted by Gasteiger charge is -2.41. The van der Waals surface area contributed by atoms with Crippen molar-refractivity contribution < 1.29 is 52.6 Å². The van der Waals surface area contributed by atoms with Gasteiger partial charge in [-0.25, -0.2) is 14.6 Å². The summed E-state index contributed by atoms with van der Waals surface area (Å²) in [7, 11) is 4.72. The summed E-state index contributed by atoms with van der Waals surface area (Å²) < 4.78 is 17.6. The molecule has 2 heterocycles. The minimum Gasteiger partial charge on any atom is -0.445 e. The van der Waals surface area contributed by atoms with Crippen LogP contribution in [0.25, 0.3) is 0 Å². The van der Waals surface area contributed by atoms with Gasteiger partial charge >= 0.3 is 12.1 Å². The summed E-state index contributed by atoms with van der Waals surface area (Å²) in [5.41, 5.74) is 11.6. The van der Waals surface area contributed by atoms with Gasteiger partial charge in [-0.1, -0.05) is 97.4 Å². The lowest BCUT2D eigenvalue weighted by Crippen LogP contribution is -2.62. The highest BCUT2D eigenvalue weighted by atomic mass is 32.1. The Morgan fingerprint density at radius 3 is 2.12 bits per heavy atom. The number of benzene rings is 2. The molecule has 448 valence electrons. The molecule has 0 spiro atoms. The fraction of sp³-hybridized carbons (Fsp3) is 0.603. The van der Waals surface area contributed by atoms with E-state index in [2.05, 4.69) is 36.9 Å². The molecule has 9 amide bonds. The van der Waals surface area contributed by atoms with Gasteiger partial charge in [-0.2, -0.15) is 0 Å². The second-order valence-electron chi connectivity index (χ2n) is 22.2. The van der Waals surface area contributed by atoms with Gasteiger partial charge in [0.25, 0.3) is 0 Å². The Morgan fingerprint density at radius 2 is 1.54 bits per heavy atom. The first-order valence-corrected chi connectivity index (χ1v) is 28.8. The van der Waals surface area contributed by atoms with Gasteiger partial charge in [0.15, 0.2) is 0 Å². The third-order valence-electron chi connectivity index (χ3n) is 15.0. The van der Waals surface area contributed by atoms with Crippen LogP contribution < -0.4 is 43.4 Å². The van der Waals surface area contributed by atoms with Crippen LogP contribution in [0.1, 0.15) is 123 Å². The molecule has 2 aromatic carbocycles. The van der Waals surface area contributed by atoms with E-state index in [-0.39, 0.29) is 55.7 Å². The van der Waals surface area contributed by atoms with Crippen LogP contribution in [0.4, 0.5) is 15.3 Å². The van der Waals surface area contributed by atoms with E-state index in [0.717, 1.165) is 10.6 Å². The highest BCUT2D eigenvalue weighted by molar-refractivity contribution is 7.09. The molecule has 0 unspecified atom stereocenters. The average molecular weight is 1150 g/mol. The summed E-state index contributed by atoms with van der Waals surface area (Å²) in [6.07, 6.45) is 2.46. The molecule has 0 bridgehead atoms. The van der Waals surface area contributed by atoms with Crippen molar-refractivity contribution in [2.45, 2.75) is 168 Å². The van der Waals surface area contributed by atoms with Crippen LogP contribution in [0.15, 0.2) is 66.2 Å². The molecule has 81 heavy (non-hydrogen) atoms. The highest BCUT2D eigenvalue weighted by Gasteiger charge is 2.44. The minimum atomic E-state index is -1.55. The quantitative estimate of drug-likeness (QED) is 0.0387. The Balaban J connectivity index is 1.37. The predicted molar refractivity (Wildman–Crippen MR) is 310 cm³/mol. The molecule has 22 nitrogen and oxygen atoms in total. The Morgan fingerprint density at radius 1 is 0.864 bits per heavy atom. The topological polar surface area (TPSA) is 308 Å². The van der Waals surface area contributed by atoms with Gasteiger partial charge in [-0.05, 0) is 87.0 Å². The maximum atomic E-state index is 14.6. The summed E-state index contributed by atoms with van der Waals surface area (Å²) in [5.74, 6) is -3.81. The average Bonchev–Trinajstić information content (AvgIpc) is 4.24. The molecule has 4 rings (SSSR count). The largest absolute Gasteiger partial charge is 0.445 e. The number of carbonyl (C=O) groups excluding carboxylic acids is 8. The van der Waals surface area contributed by atoms with E-state index >= 15 is 0 Å². The maximum absolute atomic E-state index is 14.6. The summed E-state index contributed by atoms with van der Waals surface area (Å²) in [5, 5.41) is 19.3. The Kier molecular flexibility index (Phi) is 26.5. The fourth-order valence-corrected chi connectivity index (χ4v) is 10.6. The second-order valence-corrected chi connectivity index (χ2v) is 23.1. The molecule has 1 fully saturated rings. The van der Waals surface area contributed by atoms with Crippen molar-refractivity contribution >= 4 is 64.6 Å². The molecule has 1 aliphatic heterocycles. The van der Waals surface area contributed by atoms with Gasteiger partial charge in [0, 0.05) is 51.6 Å². The molecule has 0 saturated carbocycles. The van der Waals surface area contributed by atoms with E-state index in [9.17, 15) is 38.4 Å². The van der Waals surface area contributed by atoms with Crippen molar-refractivity contribution in [3.8, 4) is 0 Å². The first kappa shape index (κ1) is 66.8. The van der Waals surface area contributed by atoms with Crippen LogP contribution in [0.5, 0.6) is 0 Å². The van der Waals surface area contributed by atoms with Crippen molar-refractivity contribution in [1.29, 1.82) is 0 Å². The number of likely N-dealkylation sites (N-methyl/N-ethyl adjacent to an activating group) is 1. The minimum absolute atomic E-state index is 0.0612. The number of hydrogen-bond acceptors (Lipinski definition) is 14. The molecule has 1 aromatic heterocycles. The van der Waals surface area contributed by atoms with Crippen LogP contribution in [0, 0.1) is 23.7 Å². The van der Waals surface area contributed by atoms with Crippen molar-refractivity contribution in [3.63, 3.8) is 0 Å². The van der Waals surface area contributed by atoms with E-state index in [4.69, 9.17) is 25.7 Å². The predicted octanol–water partition coefficient (Wildman–Crippen LogP) is 5.16.